The highest BCUT2D eigenvalue weighted by atomic mass is 16.4. The number of anilines is 2. The van der Waals surface area contributed by atoms with Gasteiger partial charge in [0, 0.05) is 11.7 Å². The first-order valence-corrected chi connectivity index (χ1v) is 5.76. The number of hydrogen-bond donors (Lipinski definition) is 4. The molecule has 1 aliphatic rings. The van der Waals surface area contributed by atoms with Crippen molar-refractivity contribution >= 4 is 23.4 Å². The van der Waals surface area contributed by atoms with Crippen molar-refractivity contribution in [1.82, 2.24) is 5.32 Å². The summed E-state index contributed by atoms with van der Waals surface area (Å²) in [5, 5.41) is 14.3. The van der Waals surface area contributed by atoms with Crippen molar-refractivity contribution in [3.63, 3.8) is 0 Å². The Hall–Kier alpha value is -2.24. The SMILES string of the molecule is Nc1ccc(C(=O)O)c(NC(=O)NC2CCC2)c1. The minimum atomic E-state index is -1.10. The summed E-state index contributed by atoms with van der Waals surface area (Å²) in [7, 11) is 0. The van der Waals surface area contributed by atoms with E-state index in [1.54, 1.807) is 0 Å². The molecular formula is C12H15N3O3. The fourth-order valence-electron chi connectivity index (χ4n) is 1.75. The molecule has 0 atom stereocenters. The Morgan fingerprint density at radius 1 is 1.33 bits per heavy atom. The highest BCUT2D eigenvalue weighted by Crippen LogP contribution is 2.21. The number of aromatic carboxylic acids is 1. The Morgan fingerprint density at radius 2 is 2.06 bits per heavy atom. The first-order chi connectivity index (χ1) is 8.56. The molecule has 0 spiro atoms. The maximum absolute atomic E-state index is 11.6. The van der Waals surface area contributed by atoms with Gasteiger partial charge in [0.2, 0.25) is 0 Å². The van der Waals surface area contributed by atoms with Gasteiger partial charge in [-0.1, -0.05) is 0 Å². The highest BCUT2D eigenvalue weighted by Gasteiger charge is 2.20. The Balaban J connectivity index is 2.08. The van der Waals surface area contributed by atoms with Crippen LogP contribution < -0.4 is 16.4 Å². The standard InChI is InChI=1S/C12H15N3O3/c13-7-4-5-9(11(16)17)10(6-7)15-12(18)14-8-2-1-3-8/h4-6,8H,1-3,13H2,(H,16,17)(H2,14,15,18). The van der Waals surface area contributed by atoms with Crippen LogP contribution in [0.4, 0.5) is 16.2 Å². The van der Waals surface area contributed by atoms with Crippen LogP contribution >= 0.6 is 0 Å². The van der Waals surface area contributed by atoms with Crippen molar-refractivity contribution < 1.29 is 14.7 Å². The normalized spacial score (nSPS) is 14.7. The molecule has 1 aromatic carbocycles. The second-order valence-corrected chi connectivity index (χ2v) is 4.34. The number of urea groups is 1. The van der Waals surface area contributed by atoms with Crippen LogP contribution in [0.25, 0.3) is 0 Å². The van der Waals surface area contributed by atoms with E-state index in [4.69, 9.17) is 10.8 Å². The topological polar surface area (TPSA) is 104 Å². The maximum atomic E-state index is 11.6. The smallest absolute Gasteiger partial charge is 0.337 e. The third-order valence-electron chi connectivity index (χ3n) is 2.96. The van der Waals surface area contributed by atoms with Crippen molar-refractivity contribution in [2.45, 2.75) is 25.3 Å². The van der Waals surface area contributed by atoms with Crippen LogP contribution in [0.1, 0.15) is 29.6 Å². The number of nitrogen functional groups attached to an aromatic ring is 1. The molecule has 0 aromatic heterocycles. The van der Waals surface area contributed by atoms with Crippen LogP contribution in [0, 0.1) is 0 Å². The summed E-state index contributed by atoms with van der Waals surface area (Å²) in [4.78, 5) is 22.6. The summed E-state index contributed by atoms with van der Waals surface area (Å²) >= 11 is 0. The number of benzene rings is 1. The van der Waals surface area contributed by atoms with E-state index in [2.05, 4.69) is 10.6 Å². The molecule has 1 aliphatic carbocycles. The second-order valence-electron chi connectivity index (χ2n) is 4.34. The summed E-state index contributed by atoms with van der Waals surface area (Å²) in [6.07, 6.45) is 3.05. The number of nitrogens with one attached hydrogen (secondary N) is 2. The molecule has 0 saturated heterocycles. The molecule has 2 rings (SSSR count). The van der Waals surface area contributed by atoms with Gasteiger partial charge in [0.15, 0.2) is 0 Å². The molecule has 0 unspecified atom stereocenters. The number of carbonyl (C=O) groups excluding carboxylic acids is 1. The highest BCUT2D eigenvalue weighted by molar-refractivity contribution is 6.00. The molecule has 5 N–H and O–H groups in total. The molecule has 1 aromatic rings. The molecule has 0 bridgehead atoms. The first-order valence-electron chi connectivity index (χ1n) is 5.76. The molecule has 6 heteroatoms. The van der Waals surface area contributed by atoms with Crippen LogP contribution in [0.3, 0.4) is 0 Å². The van der Waals surface area contributed by atoms with Crippen LogP contribution in [0.15, 0.2) is 18.2 Å². The Morgan fingerprint density at radius 3 is 2.61 bits per heavy atom. The zero-order chi connectivity index (χ0) is 13.1. The maximum Gasteiger partial charge on any atom is 0.337 e. The number of carboxylic acid groups (broad SMARTS) is 1. The molecule has 18 heavy (non-hydrogen) atoms. The zero-order valence-corrected chi connectivity index (χ0v) is 9.77. The molecule has 0 radical (unpaired) electrons. The van der Waals surface area contributed by atoms with Gasteiger partial charge < -0.3 is 21.5 Å². The van der Waals surface area contributed by atoms with Crippen molar-refractivity contribution in [1.29, 1.82) is 0 Å². The lowest BCUT2D eigenvalue weighted by molar-refractivity contribution is 0.0698. The van der Waals surface area contributed by atoms with E-state index in [0.29, 0.717) is 5.69 Å². The van der Waals surface area contributed by atoms with Crippen molar-refractivity contribution in [3.8, 4) is 0 Å². The fraction of sp³-hybridized carbons (Fsp3) is 0.333. The van der Waals surface area contributed by atoms with Crippen LogP contribution in [0.5, 0.6) is 0 Å². The van der Waals surface area contributed by atoms with Crippen LogP contribution in [0.2, 0.25) is 0 Å². The quantitative estimate of drug-likeness (QED) is 0.611. The second kappa shape index (κ2) is 4.95. The van der Waals surface area contributed by atoms with E-state index in [1.807, 2.05) is 0 Å². The third-order valence-corrected chi connectivity index (χ3v) is 2.96. The number of nitrogens with two attached hydrogens (primary N) is 1. The number of carboxylic acids is 1. The predicted molar refractivity (Wildman–Crippen MR) is 67.6 cm³/mol. The van der Waals surface area contributed by atoms with E-state index in [-0.39, 0.29) is 17.3 Å². The Labute approximate surface area is 104 Å². The average Bonchev–Trinajstić information content (AvgIpc) is 2.23. The van der Waals surface area contributed by atoms with E-state index in [0.717, 1.165) is 19.3 Å². The van der Waals surface area contributed by atoms with Crippen molar-refractivity contribution in [2.75, 3.05) is 11.1 Å². The summed E-state index contributed by atoms with van der Waals surface area (Å²) < 4.78 is 0. The van der Waals surface area contributed by atoms with Gasteiger partial charge in [-0.25, -0.2) is 9.59 Å². The van der Waals surface area contributed by atoms with E-state index in [9.17, 15) is 9.59 Å². The first kappa shape index (κ1) is 12.2. The summed E-state index contributed by atoms with van der Waals surface area (Å²) in [5.74, 6) is -1.10. The van der Waals surface area contributed by atoms with Crippen LogP contribution in [-0.2, 0) is 0 Å². The minimum absolute atomic E-state index is 0.0213. The molecular weight excluding hydrogens is 234 g/mol. The molecule has 96 valence electrons. The lowest BCUT2D eigenvalue weighted by atomic mass is 9.93. The summed E-state index contributed by atoms with van der Waals surface area (Å²) in [6.45, 7) is 0. The Kier molecular flexibility index (Phi) is 3.36. The number of hydrogen-bond acceptors (Lipinski definition) is 3. The van der Waals surface area contributed by atoms with Crippen molar-refractivity contribution in [3.05, 3.63) is 23.8 Å². The average molecular weight is 249 g/mol. The number of rotatable bonds is 3. The molecule has 6 nitrogen and oxygen atoms in total. The molecule has 0 heterocycles. The van der Waals surface area contributed by atoms with Gasteiger partial charge in [-0.2, -0.15) is 0 Å². The Bertz CT molecular complexity index is 483. The molecule has 1 saturated carbocycles. The van der Waals surface area contributed by atoms with Gasteiger partial charge in [-0.15, -0.1) is 0 Å². The molecule has 1 fully saturated rings. The van der Waals surface area contributed by atoms with Crippen LogP contribution in [-0.4, -0.2) is 23.1 Å². The van der Waals surface area contributed by atoms with Gasteiger partial charge in [-0.3, -0.25) is 0 Å². The predicted octanol–water partition coefficient (Wildman–Crippen LogP) is 1.64. The summed E-state index contributed by atoms with van der Waals surface area (Å²) in [5.41, 5.74) is 6.21. The summed E-state index contributed by atoms with van der Waals surface area (Å²) in [6, 6.07) is 4.09. The van der Waals surface area contributed by atoms with E-state index >= 15 is 0 Å². The molecule has 2 amide bonds. The minimum Gasteiger partial charge on any atom is -0.478 e. The lowest BCUT2D eigenvalue weighted by Gasteiger charge is -2.26. The molecule has 0 aliphatic heterocycles. The fourth-order valence-corrected chi connectivity index (χ4v) is 1.75. The van der Waals surface area contributed by atoms with Gasteiger partial charge in [0.05, 0.1) is 11.3 Å². The van der Waals surface area contributed by atoms with Gasteiger partial charge in [0.25, 0.3) is 0 Å². The van der Waals surface area contributed by atoms with Gasteiger partial charge >= 0.3 is 12.0 Å². The van der Waals surface area contributed by atoms with Gasteiger partial charge in [-0.05, 0) is 37.5 Å². The monoisotopic (exact) mass is 249 g/mol. The third kappa shape index (κ3) is 2.71. The largest absolute Gasteiger partial charge is 0.478 e. The number of carbonyl (C=O) groups is 2. The van der Waals surface area contributed by atoms with E-state index in [1.165, 1.54) is 18.2 Å². The zero-order valence-electron chi connectivity index (χ0n) is 9.77. The van der Waals surface area contributed by atoms with E-state index < -0.39 is 12.0 Å². The van der Waals surface area contributed by atoms with Gasteiger partial charge in [0.1, 0.15) is 0 Å². The van der Waals surface area contributed by atoms with Crippen molar-refractivity contribution in [2.24, 2.45) is 0 Å². The number of amides is 2. The lowest BCUT2D eigenvalue weighted by Crippen LogP contribution is -2.42.